The first-order valence-corrected chi connectivity index (χ1v) is 5.85. The number of benzene rings is 1. The zero-order chi connectivity index (χ0) is 11.7. The summed E-state index contributed by atoms with van der Waals surface area (Å²) in [7, 11) is 0. The lowest BCUT2D eigenvalue weighted by atomic mass is 10.1. The molecule has 1 aromatic heterocycles. The Bertz CT molecular complexity index is 597. The molecule has 0 spiro atoms. The van der Waals surface area contributed by atoms with Crippen LogP contribution in [-0.4, -0.2) is 9.97 Å². The fourth-order valence-electron chi connectivity index (χ4n) is 1.31. The fourth-order valence-corrected chi connectivity index (χ4v) is 2.08. The summed E-state index contributed by atoms with van der Waals surface area (Å²) >= 11 is 7.96. The lowest BCUT2D eigenvalue weighted by molar-refractivity contribution is 1.12. The van der Waals surface area contributed by atoms with Crippen molar-refractivity contribution in [3.05, 3.63) is 43.2 Å². The first kappa shape index (κ1) is 11.4. The minimum Gasteiger partial charge on any atom is -0.369 e. The van der Waals surface area contributed by atoms with Crippen LogP contribution in [0.15, 0.2) is 29.1 Å². The molecule has 0 unspecified atom stereocenters. The summed E-state index contributed by atoms with van der Waals surface area (Å²) in [6.07, 6.45) is 0. The maximum atomic E-state index is 11.5. The smallest absolute Gasteiger partial charge is 0.266 e. The molecule has 4 nitrogen and oxygen atoms in total. The molecular weight excluding hydrogens is 340 g/mol. The minimum atomic E-state index is -0.261. The van der Waals surface area contributed by atoms with Crippen LogP contribution in [-0.2, 0) is 0 Å². The molecule has 6 heteroatoms. The Hall–Kier alpha value is -1.08. The maximum absolute atomic E-state index is 11.5. The van der Waals surface area contributed by atoms with Gasteiger partial charge in [0.15, 0.2) is 0 Å². The molecule has 0 saturated heterocycles. The quantitative estimate of drug-likeness (QED) is 0.778. The molecule has 3 N–H and O–H groups in total. The fraction of sp³-hybridized carbons (Fsp3) is 0. The number of hydrogen-bond acceptors (Lipinski definition) is 3. The van der Waals surface area contributed by atoms with Gasteiger partial charge in [0.2, 0.25) is 5.95 Å². The van der Waals surface area contributed by atoms with Gasteiger partial charge in [-0.2, -0.15) is 0 Å². The zero-order valence-electron chi connectivity index (χ0n) is 8.00. The second-order valence-corrected chi connectivity index (χ2v) is 4.58. The van der Waals surface area contributed by atoms with E-state index in [1.807, 2.05) is 34.7 Å². The molecule has 1 aromatic carbocycles. The number of nitrogen functional groups attached to an aromatic ring is 1. The third-order valence-corrected chi connectivity index (χ3v) is 3.34. The van der Waals surface area contributed by atoms with E-state index in [1.54, 1.807) is 12.1 Å². The van der Waals surface area contributed by atoms with Crippen LogP contribution in [0.25, 0.3) is 11.3 Å². The highest BCUT2D eigenvalue weighted by molar-refractivity contribution is 14.1. The Morgan fingerprint density at radius 1 is 1.38 bits per heavy atom. The van der Waals surface area contributed by atoms with Crippen LogP contribution in [0.1, 0.15) is 0 Å². The third-order valence-electron chi connectivity index (χ3n) is 2.01. The molecule has 0 amide bonds. The van der Waals surface area contributed by atoms with Gasteiger partial charge in [0.05, 0.1) is 10.7 Å². The summed E-state index contributed by atoms with van der Waals surface area (Å²) in [5.41, 5.74) is 6.45. The van der Waals surface area contributed by atoms with Crippen molar-refractivity contribution in [1.82, 2.24) is 9.97 Å². The van der Waals surface area contributed by atoms with Gasteiger partial charge in [0.1, 0.15) is 3.57 Å². The average Bonchev–Trinajstić information content (AvgIpc) is 2.24. The molecule has 1 heterocycles. The van der Waals surface area contributed by atoms with Crippen molar-refractivity contribution in [3.63, 3.8) is 0 Å². The van der Waals surface area contributed by atoms with Gasteiger partial charge in [-0.3, -0.25) is 9.78 Å². The van der Waals surface area contributed by atoms with Crippen molar-refractivity contribution in [1.29, 1.82) is 0 Å². The van der Waals surface area contributed by atoms with Gasteiger partial charge in [-0.1, -0.05) is 29.8 Å². The van der Waals surface area contributed by atoms with E-state index >= 15 is 0 Å². The van der Waals surface area contributed by atoms with Crippen molar-refractivity contribution in [3.8, 4) is 11.3 Å². The van der Waals surface area contributed by atoms with Crippen LogP contribution in [0.3, 0.4) is 0 Å². The van der Waals surface area contributed by atoms with Gasteiger partial charge in [-0.05, 0) is 28.7 Å². The van der Waals surface area contributed by atoms with E-state index in [0.717, 1.165) is 0 Å². The Kier molecular flexibility index (Phi) is 3.15. The topological polar surface area (TPSA) is 71.8 Å². The number of aromatic amines is 1. The van der Waals surface area contributed by atoms with Crippen LogP contribution < -0.4 is 11.3 Å². The van der Waals surface area contributed by atoms with E-state index in [1.165, 1.54) is 0 Å². The molecule has 0 aliphatic heterocycles. The van der Waals surface area contributed by atoms with E-state index in [0.29, 0.717) is 19.9 Å². The Labute approximate surface area is 110 Å². The molecule has 0 fully saturated rings. The summed E-state index contributed by atoms with van der Waals surface area (Å²) < 4.78 is 0.472. The minimum absolute atomic E-state index is 0.0836. The normalized spacial score (nSPS) is 10.4. The number of anilines is 1. The van der Waals surface area contributed by atoms with E-state index in [-0.39, 0.29) is 11.5 Å². The van der Waals surface area contributed by atoms with Crippen molar-refractivity contribution < 1.29 is 0 Å². The molecule has 0 aliphatic rings. The standard InChI is InChI=1S/C10H7ClIN3O/c11-6-4-2-1-3-5(6)8-7(12)9(16)15-10(13)14-8/h1-4H,(H3,13,14,15,16). The highest BCUT2D eigenvalue weighted by Crippen LogP contribution is 2.28. The van der Waals surface area contributed by atoms with E-state index in [4.69, 9.17) is 17.3 Å². The van der Waals surface area contributed by atoms with E-state index in [2.05, 4.69) is 9.97 Å². The number of H-pyrrole nitrogens is 1. The van der Waals surface area contributed by atoms with Crippen LogP contribution >= 0.6 is 34.2 Å². The second-order valence-electron chi connectivity index (χ2n) is 3.09. The molecule has 0 saturated carbocycles. The summed E-state index contributed by atoms with van der Waals surface area (Å²) in [6, 6.07) is 7.18. The predicted octanol–water partition coefficient (Wildman–Crippen LogP) is 2.28. The number of halogens is 2. The Morgan fingerprint density at radius 2 is 2.06 bits per heavy atom. The monoisotopic (exact) mass is 347 g/mol. The van der Waals surface area contributed by atoms with Crippen LogP contribution in [0, 0.1) is 3.57 Å². The van der Waals surface area contributed by atoms with Crippen molar-refractivity contribution >= 4 is 40.1 Å². The van der Waals surface area contributed by atoms with Crippen LogP contribution in [0.2, 0.25) is 5.02 Å². The molecule has 2 rings (SSSR count). The number of nitrogens with zero attached hydrogens (tertiary/aromatic N) is 1. The van der Waals surface area contributed by atoms with E-state index < -0.39 is 0 Å². The number of hydrogen-bond donors (Lipinski definition) is 2. The van der Waals surface area contributed by atoms with Crippen LogP contribution in [0.5, 0.6) is 0 Å². The molecule has 16 heavy (non-hydrogen) atoms. The van der Waals surface area contributed by atoms with Crippen molar-refractivity contribution in [2.24, 2.45) is 0 Å². The lowest BCUT2D eigenvalue weighted by Crippen LogP contribution is -2.15. The van der Waals surface area contributed by atoms with Gasteiger partial charge in [0, 0.05) is 5.56 Å². The van der Waals surface area contributed by atoms with E-state index in [9.17, 15) is 4.79 Å². The third kappa shape index (κ3) is 2.05. The van der Waals surface area contributed by atoms with Crippen molar-refractivity contribution in [2.45, 2.75) is 0 Å². The molecule has 2 aromatic rings. The number of nitrogens with two attached hydrogens (primary N) is 1. The number of nitrogens with one attached hydrogen (secondary N) is 1. The zero-order valence-corrected chi connectivity index (χ0v) is 10.9. The second kappa shape index (κ2) is 4.42. The molecule has 82 valence electrons. The summed E-state index contributed by atoms with van der Waals surface area (Å²) in [6.45, 7) is 0. The largest absolute Gasteiger partial charge is 0.369 e. The molecule has 0 bridgehead atoms. The molecular formula is C10H7ClIN3O. The highest BCUT2D eigenvalue weighted by atomic mass is 127. The molecule has 0 aliphatic carbocycles. The van der Waals surface area contributed by atoms with Gasteiger partial charge in [0.25, 0.3) is 5.56 Å². The Morgan fingerprint density at radius 3 is 2.75 bits per heavy atom. The summed E-state index contributed by atoms with van der Waals surface area (Å²) in [4.78, 5) is 18.0. The Balaban J connectivity index is 2.74. The van der Waals surface area contributed by atoms with Gasteiger partial charge in [-0.25, -0.2) is 4.98 Å². The van der Waals surface area contributed by atoms with Crippen molar-refractivity contribution in [2.75, 3.05) is 5.73 Å². The molecule has 0 atom stereocenters. The first-order chi connectivity index (χ1) is 7.59. The average molecular weight is 348 g/mol. The first-order valence-electron chi connectivity index (χ1n) is 4.40. The number of rotatable bonds is 1. The lowest BCUT2D eigenvalue weighted by Gasteiger charge is -2.05. The SMILES string of the molecule is Nc1nc(-c2ccccc2Cl)c(I)c(=O)[nH]1. The highest BCUT2D eigenvalue weighted by Gasteiger charge is 2.12. The van der Waals surface area contributed by atoms with Gasteiger partial charge < -0.3 is 5.73 Å². The van der Waals surface area contributed by atoms with Crippen LogP contribution in [0.4, 0.5) is 5.95 Å². The maximum Gasteiger partial charge on any atom is 0.266 e. The molecule has 0 radical (unpaired) electrons. The number of aromatic nitrogens is 2. The summed E-state index contributed by atoms with van der Waals surface area (Å²) in [5, 5.41) is 0.540. The van der Waals surface area contributed by atoms with Gasteiger partial charge in [-0.15, -0.1) is 0 Å². The summed E-state index contributed by atoms with van der Waals surface area (Å²) in [5.74, 6) is 0.0836. The predicted molar refractivity (Wildman–Crippen MR) is 72.4 cm³/mol. The van der Waals surface area contributed by atoms with Gasteiger partial charge >= 0.3 is 0 Å².